The Morgan fingerprint density at radius 1 is 1.10 bits per heavy atom. The van der Waals surface area contributed by atoms with Gasteiger partial charge in [-0.3, -0.25) is 0 Å². The molecule has 2 atom stereocenters. The molecule has 4 nitrogen and oxygen atoms in total. The molecule has 1 aliphatic rings. The highest BCUT2D eigenvalue weighted by molar-refractivity contribution is 5.62. The van der Waals surface area contributed by atoms with Crippen molar-refractivity contribution in [2.24, 2.45) is 0 Å². The molecule has 0 bridgehead atoms. The number of rotatable bonds is 3. The average Bonchev–Trinajstić information content (AvgIpc) is 2.85. The van der Waals surface area contributed by atoms with Gasteiger partial charge in [-0.15, -0.1) is 0 Å². The molecule has 2 aromatic rings. The molecule has 0 saturated carbocycles. The fourth-order valence-corrected chi connectivity index (χ4v) is 2.99. The largest absolute Gasteiger partial charge is 0.449 e. The number of oxazole rings is 1. The number of nitrogens with zero attached hydrogens (tertiary/aromatic N) is 1. The Kier molecular flexibility index (Phi) is 3.97. The van der Waals surface area contributed by atoms with Gasteiger partial charge in [0.25, 0.3) is 0 Å². The molecule has 1 N–H and O–H groups in total. The third-order valence-corrected chi connectivity index (χ3v) is 3.87. The standard InChI is InChI=1S/C17H22N2O2/c1-11-8-16(9-12(2)21-11)19-15-6-4-14(5-7-15)17-10-20-13(3)18-17/h4-7,10-12,16,19H,8-9H2,1-3H3. The van der Waals surface area contributed by atoms with E-state index in [1.807, 2.05) is 6.92 Å². The Bertz CT molecular complexity index is 581. The van der Waals surface area contributed by atoms with E-state index in [0.29, 0.717) is 24.1 Å². The first-order chi connectivity index (χ1) is 10.1. The van der Waals surface area contributed by atoms with Crippen LogP contribution in [0.5, 0.6) is 0 Å². The zero-order valence-corrected chi connectivity index (χ0v) is 12.8. The molecule has 1 saturated heterocycles. The zero-order chi connectivity index (χ0) is 14.8. The van der Waals surface area contributed by atoms with Gasteiger partial charge in [0.1, 0.15) is 12.0 Å². The number of aryl methyl sites for hydroxylation is 1. The molecular formula is C17H22N2O2. The molecule has 1 aromatic carbocycles. The number of ether oxygens (including phenoxy) is 1. The molecule has 112 valence electrons. The summed E-state index contributed by atoms with van der Waals surface area (Å²) in [6, 6.07) is 8.83. The first kappa shape index (κ1) is 14.1. The lowest BCUT2D eigenvalue weighted by atomic mass is 9.99. The van der Waals surface area contributed by atoms with Crippen molar-refractivity contribution in [3.05, 3.63) is 36.4 Å². The molecule has 0 amide bonds. The molecule has 21 heavy (non-hydrogen) atoms. The number of hydrogen-bond acceptors (Lipinski definition) is 4. The van der Waals surface area contributed by atoms with E-state index in [1.165, 1.54) is 0 Å². The van der Waals surface area contributed by atoms with Gasteiger partial charge >= 0.3 is 0 Å². The fourth-order valence-electron chi connectivity index (χ4n) is 2.99. The van der Waals surface area contributed by atoms with Crippen LogP contribution in [0.25, 0.3) is 11.3 Å². The summed E-state index contributed by atoms with van der Waals surface area (Å²) in [6.45, 7) is 6.13. The summed E-state index contributed by atoms with van der Waals surface area (Å²) in [5, 5.41) is 3.60. The summed E-state index contributed by atoms with van der Waals surface area (Å²) >= 11 is 0. The smallest absolute Gasteiger partial charge is 0.191 e. The summed E-state index contributed by atoms with van der Waals surface area (Å²) in [5.41, 5.74) is 3.10. The second-order valence-electron chi connectivity index (χ2n) is 5.90. The molecule has 0 spiro atoms. The molecular weight excluding hydrogens is 264 g/mol. The van der Waals surface area contributed by atoms with Gasteiger partial charge < -0.3 is 14.5 Å². The lowest BCUT2D eigenvalue weighted by Gasteiger charge is -2.33. The highest BCUT2D eigenvalue weighted by Gasteiger charge is 2.24. The summed E-state index contributed by atoms with van der Waals surface area (Å²) in [6.07, 6.45) is 4.44. The number of benzene rings is 1. The van der Waals surface area contributed by atoms with Gasteiger partial charge in [0.05, 0.1) is 12.2 Å². The average molecular weight is 286 g/mol. The predicted molar refractivity (Wildman–Crippen MR) is 83.3 cm³/mol. The summed E-state index contributed by atoms with van der Waals surface area (Å²) in [7, 11) is 0. The van der Waals surface area contributed by atoms with Crippen LogP contribution in [-0.2, 0) is 4.74 Å². The Hall–Kier alpha value is -1.81. The van der Waals surface area contributed by atoms with E-state index >= 15 is 0 Å². The lowest BCUT2D eigenvalue weighted by molar-refractivity contribution is -0.0337. The van der Waals surface area contributed by atoms with Gasteiger partial charge in [0.2, 0.25) is 0 Å². The van der Waals surface area contributed by atoms with Gasteiger partial charge in [0, 0.05) is 24.2 Å². The topological polar surface area (TPSA) is 47.3 Å². The number of anilines is 1. The molecule has 0 radical (unpaired) electrons. The third-order valence-electron chi connectivity index (χ3n) is 3.87. The van der Waals surface area contributed by atoms with Crippen molar-refractivity contribution in [1.29, 1.82) is 0 Å². The summed E-state index contributed by atoms with van der Waals surface area (Å²) < 4.78 is 11.0. The minimum atomic E-state index is 0.323. The molecule has 2 unspecified atom stereocenters. The van der Waals surface area contributed by atoms with Crippen LogP contribution in [0.3, 0.4) is 0 Å². The Morgan fingerprint density at radius 2 is 1.76 bits per heavy atom. The normalized spacial score (nSPS) is 25.8. The van der Waals surface area contributed by atoms with E-state index in [1.54, 1.807) is 6.26 Å². The monoisotopic (exact) mass is 286 g/mol. The maximum Gasteiger partial charge on any atom is 0.191 e. The van der Waals surface area contributed by atoms with E-state index < -0.39 is 0 Å². The maximum atomic E-state index is 5.77. The molecule has 2 heterocycles. The van der Waals surface area contributed by atoms with Crippen molar-refractivity contribution in [2.45, 2.75) is 51.9 Å². The van der Waals surface area contributed by atoms with Crippen LogP contribution in [0.15, 0.2) is 34.9 Å². The van der Waals surface area contributed by atoms with Crippen LogP contribution in [-0.4, -0.2) is 23.2 Å². The molecule has 1 fully saturated rings. The third kappa shape index (κ3) is 3.45. The molecule has 1 aromatic heterocycles. The van der Waals surface area contributed by atoms with Crippen LogP contribution in [0.2, 0.25) is 0 Å². The summed E-state index contributed by atoms with van der Waals surface area (Å²) in [5.74, 6) is 0.692. The van der Waals surface area contributed by atoms with Crippen LogP contribution in [0, 0.1) is 6.92 Å². The van der Waals surface area contributed by atoms with Crippen molar-refractivity contribution in [3.63, 3.8) is 0 Å². The van der Waals surface area contributed by atoms with E-state index in [-0.39, 0.29) is 0 Å². The maximum absolute atomic E-state index is 5.77. The number of nitrogens with one attached hydrogen (secondary N) is 1. The van der Waals surface area contributed by atoms with Crippen molar-refractivity contribution in [2.75, 3.05) is 5.32 Å². The van der Waals surface area contributed by atoms with Gasteiger partial charge in [-0.25, -0.2) is 4.98 Å². The first-order valence-electron chi connectivity index (χ1n) is 7.54. The Labute approximate surface area is 125 Å². The van der Waals surface area contributed by atoms with Crippen molar-refractivity contribution < 1.29 is 9.15 Å². The Morgan fingerprint density at radius 3 is 2.33 bits per heavy atom. The van der Waals surface area contributed by atoms with Gasteiger partial charge in [-0.05, 0) is 38.8 Å². The second-order valence-corrected chi connectivity index (χ2v) is 5.90. The SMILES string of the molecule is Cc1nc(-c2ccc(NC3CC(C)OC(C)C3)cc2)co1. The van der Waals surface area contributed by atoms with E-state index in [2.05, 4.69) is 48.4 Å². The second kappa shape index (κ2) is 5.90. The van der Waals surface area contributed by atoms with Crippen molar-refractivity contribution in [1.82, 2.24) is 4.98 Å². The molecule has 3 rings (SSSR count). The summed E-state index contributed by atoms with van der Waals surface area (Å²) in [4.78, 5) is 4.34. The van der Waals surface area contributed by atoms with Gasteiger partial charge in [0.15, 0.2) is 5.89 Å². The van der Waals surface area contributed by atoms with Crippen LogP contribution >= 0.6 is 0 Å². The molecule has 4 heteroatoms. The van der Waals surface area contributed by atoms with Crippen LogP contribution in [0.4, 0.5) is 5.69 Å². The van der Waals surface area contributed by atoms with Gasteiger partial charge in [-0.2, -0.15) is 0 Å². The quantitative estimate of drug-likeness (QED) is 0.925. The predicted octanol–water partition coefficient (Wildman–Crippen LogP) is 4.02. The van der Waals surface area contributed by atoms with E-state index in [4.69, 9.17) is 9.15 Å². The minimum Gasteiger partial charge on any atom is -0.449 e. The van der Waals surface area contributed by atoms with Crippen LogP contribution < -0.4 is 5.32 Å². The van der Waals surface area contributed by atoms with Crippen LogP contribution in [0.1, 0.15) is 32.6 Å². The molecule has 0 aliphatic carbocycles. The van der Waals surface area contributed by atoms with Gasteiger partial charge in [-0.1, -0.05) is 12.1 Å². The lowest BCUT2D eigenvalue weighted by Crippen LogP contribution is -2.36. The zero-order valence-electron chi connectivity index (χ0n) is 12.8. The van der Waals surface area contributed by atoms with Crippen molar-refractivity contribution in [3.8, 4) is 11.3 Å². The fraction of sp³-hybridized carbons (Fsp3) is 0.471. The first-order valence-corrected chi connectivity index (χ1v) is 7.54. The van der Waals surface area contributed by atoms with E-state index in [9.17, 15) is 0 Å². The minimum absolute atomic E-state index is 0.323. The highest BCUT2D eigenvalue weighted by Crippen LogP contribution is 2.25. The highest BCUT2D eigenvalue weighted by atomic mass is 16.5. The van der Waals surface area contributed by atoms with Crippen molar-refractivity contribution >= 4 is 5.69 Å². The molecule has 1 aliphatic heterocycles. The number of hydrogen-bond donors (Lipinski definition) is 1. The number of aromatic nitrogens is 1. The Balaban J connectivity index is 1.67. The van der Waals surface area contributed by atoms with E-state index in [0.717, 1.165) is 29.8 Å².